The number of rotatable bonds is 1. The third kappa shape index (κ3) is 2.80. The van der Waals surface area contributed by atoms with E-state index in [9.17, 15) is 15.0 Å². The van der Waals surface area contributed by atoms with E-state index in [0.717, 1.165) is 0 Å². The summed E-state index contributed by atoms with van der Waals surface area (Å²) < 4.78 is 4.44. The number of ether oxygens (including phenoxy) is 1. The van der Waals surface area contributed by atoms with E-state index in [1.807, 2.05) is 0 Å². The molecule has 6 heteroatoms. The predicted molar refractivity (Wildman–Crippen MR) is 47.7 cm³/mol. The monoisotopic (exact) mass is 211 g/mol. The number of hydrogen-bond acceptors (Lipinski definition) is 5. The fourth-order valence-electron chi connectivity index (χ4n) is 1.25. The van der Waals surface area contributed by atoms with Crippen LogP contribution in [0.15, 0.2) is 0 Å². The van der Waals surface area contributed by atoms with Gasteiger partial charge in [-0.1, -0.05) is 0 Å². The van der Waals surface area contributed by atoms with Crippen molar-refractivity contribution >= 4 is 18.4 Å². The lowest BCUT2D eigenvalue weighted by molar-refractivity contribution is -0.150. The summed E-state index contributed by atoms with van der Waals surface area (Å²) in [6.07, 6.45) is -1.45. The summed E-state index contributed by atoms with van der Waals surface area (Å²) in [6, 6.07) is -0.793. The second-order valence-electron chi connectivity index (χ2n) is 2.80. The lowest BCUT2D eigenvalue weighted by Crippen LogP contribution is -2.56. The van der Waals surface area contributed by atoms with E-state index < -0.39 is 24.2 Å². The highest BCUT2D eigenvalue weighted by Crippen LogP contribution is 2.10. The maximum absolute atomic E-state index is 11.0. The normalized spacial score (nSPS) is 33.3. The van der Waals surface area contributed by atoms with Crippen LogP contribution in [0.3, 0.4) is 0 Å². The Bertz CT molecular complexity index is 178. The van der Waals surface area contributed by atoms with Gasteiger partial charge in [0.05, 0.1) is 13.2 Å². The van der Waals surface area contributed by atoms with Gasteiger partial charge in [0.1, 0.15) is 12.1 Å². The van der Waals surface area contributed by atoms with Crippen LogP contribution >= 0.6 is 12.4 Å². The van der Waals surface area contributed by atoms with E-state index in [1.165, 1.54) is 7.11 Å². The molecule has 13 heavy (non-hydrogen) atoms. The van der Waals surface area contributed by atoms with Crippen LogP contribution in [0.5, 0.6) is 0 Å². The zero-order valence-corrected chi connectivity index (χ0v) is 8.08. The molecule has 0 aromatic rings. The van der Waals surface area contributed by atoms with Gasteiger partial charge < -0.3 is 20.3 Å². The van der Waals surface area contributed by atoms with Crippen molar-refractivity contribution in [1.82, 2.24) is 5.32 Å². The van der Waals surface area contributed by atoms with E-state index in [0.29, 0.717) is 13.0 Å². The molecule has 0 saturated carbocycles. The van der Waals surface area contributed by atoms with Gasteiger partial charge in [0, 0.05) is 0 Å². The van der Waals surface area contributed by atoms with Gasteiger partial charge in [-0.05, 0) is 13.0 Å². The van der Waals surface area contributed by atoms with Gasteiger partial charge in [-0.15, -0.1) is 12.4 Å². The summed E-state index contributed by atoms with van der Waals surface area (Å²) in [6.45, 7) is 0.512. The highest BCUT2D eigenvalue weighted by atomic mass is 35.5. The third-order valence-corrected chi connectivity index (χ3v) is 2.00. The molecule has 0 bridgehead atoms. The number of piperidine rings is 1. The molecule has 78 valence electrons. The molecule has 1 rings (SSSR count). The van der Waals surface area contributed by atoms with Gasteiger partial charge in [0.25, 0.3) is 0 Å². The van der Waals surface area contributed by atoms with Crippen LogP contribution in [0, 0.1) is 0 Å². The van der Waals surface area contributed by atoms with Crippen molar-refractivity contribution in [2.24, 2.45) is 0 Å². The molecule has 0 amide bonds. The average Bonchev–Trinajstić information content (AvgIpc) is 2.08. The molecule has 1 unspecified atom stereocenters. The second-order valence-corrected chi connectivity index (χ2v) is 2.80. The molecule has 1 fully saturated rings. The van der Waals surface area contributed by atoms with E-state index >= 15 is 0 Å². The molecule has 0 spiro atoms. The largest absolute Gasteiger partial charge is 0.468 e. The number of hydrogen-bond donors (Lipinski definition) is 3. The Balaban J connectivity index is 0.00000144. The van der Waals surface area contributed by atoms with Crippen molar-refractivity contribution in [3.05, 3.63) is 0 Å². The molecule has 0 aliphatic carbocycles. The molecule has 1 saturated heterocycles. The number of esters is 1. The zero-order valence-electron chi connectivity index (χ0n) is 7.27. The molecule has 0 aromatic carbocycles. The van der Waals surface area contributed by atoms with Crippen LogP contribution in [0.1, 0.15) is 6.42 Å². The van der Waals surface area contributed by atoms with E-state index in [4.69, 9.17) is 0 Å². The van der Waals surface area contributed by atoms with Crippen LogP contribution in [0.2, 0.25) is 0 Å². The van der Waals surface area contributed by atoms with E-state index in [-0.39, 0.29) is 12.4 Å². The molecular weight excluding hydrogens is 198 g/mol. The predicted octanol–water partition coefficient (Wildman–Crippen LogP) is -1.34. The summed E-state index contributed by atoms with van der Waals surface area (Å²) >= 11 is 0. The van der Waals surface area contributed by atoms with Gasteiger partial charge in [-0.3, -0.25) is 4.79 Å². The van der Waals surface area contributed by atoms with Crippen LogP contribution in [0.4, 0.5) is 0 Å². The topological polar surface area (TPSA) is 78.8 Å². The molecule has 0 aromatic heterocycles. The van der Waals surface area contributed by atoms with Crippen molar-refractivity contribution in [3.63, 3.8) is 0 Å². The summed E-state index contributed by atoms with van der Waals surface area (Å²) in [5.41, 5.74) is 0. The lowest BCUT2D eigenvalue weighted by Gasteiger charge is -2.30. The molecule has 3 N–H and O–H groups in total. The van der Waals surface area contributed by atoms with Gasteiger partial charge in [-0.2, -0.15) is 0 Å². The molecule has 0 radical (unpaired) electrons. The zero-order chi connectivity index (χ0) is 9.14. The Morgan fingerprint density at radius 3 is 2.69 bits per heavy atom. The Labute approximate surface area is 82.5 Å². The van der Waals surface area contributed by atoms with E-state index in [2.05, 4.69) is 10.1 Å². The minimum absolute atomic E-state index is 0. The van der Waals surface area contributed by atoms with Crippen molar-refractivity contribution in [2.75, 3.05) is 13.7 Å². The van der Waals surface area contributed by atoms with E-state index in [1.54, 1.807) is 0 Å². The molecular formula is C7H14ClNO4. The van der Waals surface area contributed by atoms with Crippen molar-refractivity contribution in [3.8, 4) is 0 Å². The summed E-state index contributed by atoms with van der Waals surface area (Å²) in [5.74, 6) is -0.541. The maximum atomic E-state index is 11.0. The summed E-state index contributed by atoms with van der Waals surface area (Å²) in [5, 5.41) is 21.3. The third-order valence-electron chi connectivity index (χ3n) is 2.00. The second kappa shape index (κ2) is 5.39. The van der Waals surface area contributed by atoms with Crippen LogP contribution in [-0.2, 0) is 9.53 Å². The smallest absolute Gasteiger partial charge is 0.325 e. The SMILES string of the molecule is COC(=O)C1NCC[C@@H](O)[C@H]1O.Cl. The number of halogens is 1. The van der Waals surface area contributed by atoms with Crippen molar-refractivity contribution in [2.45, 2.75) is 24.7 Å². The van der Waals surface area contributed by atoms with Gasteiger partial charge in [-0.25, -0.2) is 0 Å². The van der Waals surface area contributed by atoms with Crippen LogP contribution in [0.25, 0.3) is 0 Å². The Kier molecular flexibility index (Phi) is 5.24. The Morgan fingerprint density at radius 1 is 1.54 bits per heavy atom. The number of aliphatic hydroxyl groups is 2. The lowest BCUT2D eigenvalue weighted by atomic mass is 9.99. The summed E-state index contributed by atoms with van der Waals surface area (Å²) in [4.78, 5) is 11.0. The molecule has 1 heterocycles. The first kappa shape index (κ1) is 12.6. The highest BCUT2D eigenvalue weighted by Gasteiger charge is 2.35. The number of aliphatic hydroxyl groups excluding tert-OH is 2. The average molecular weight is 212 g/mol. The Hall–Kier alpha value is -0.360. The molecule has 5 nitrogen and oxygen atoms in total. The fraction of sp³-hybridized carbons (Fsp3) is 0.857. The standard InChI is InChI=1S/C7H13NO4.ClH/c1-12-7(11)5-6(10)4(9)2-3-8-5;/h4-6,8-10H,2-3H2,1H3;1H/t4-,5?,6-;/m1./s1. The van der Waals surface area contributed by atoms with Crippen molar-refractivity contribution in [1.29, 1.82) is 0 Å². The molecule has 1 aliphatic heterocycles. The highest BCUT2D eigenvalue weighted by molar-refractivity contribution is 5.85. The van der Waals surface area contributed by atoms with Crippen LogP contribution < -0.4 is 5.32 Å². The number of carbonyl (C=O) groups excluding carboxylic acids is 1. The minimum atomic E-state index is -1.06. The first-order chi connectivity index (χ1) is 5.66. The Morgan fingerprint density at radius 2 is 2.15 bits per heavy atom. The fourth-order valence-corrected chi connectivity index (χ4v) is 1.25. The molecule has 3 atom stereocenters. The first-order valence-corrected chi connectivity index (χ1v) is 3.84. The van der Waals surface area contributed by atoms with Crippen LogP contribution in [-0.4, -0.2) is 48.1 Å². The van der Waals surface area contributed by atoms with Gasteiger partial charge >= 0.3 is 5.97 Å². The quantitative estimate of drug-likeness (QED) is 0.468. The van der Waals surface area contributed by atoms with Gasteiger partial charge in [0.2, 0.25) is 0 Å². The number of methoxy groups -OCH3 is 1. The van der Waals surface area contributed by atoms with Crippen molar-refractivity contribution < 1.29 is 19.7 Å². The first-order valence-electron chi connectivity index (χ1n) is 3.84. The minimum Gasteiger partial charge on any atom is -0.468 e. The summed E-state index contributed by atoms with van der Waals surface area (Å²) in [7, 11) is 1.25. The van der Waals surface area contributed by atoms with Gasteiger partial charge in [0.15, 0.2) is 0 Å². The maximum Gasteiger partial charge on any atom is 0.325 e. The molecule has 1 aliphatic rings. The number of nitrogens with one attached hydrogen (secondary N) is 1. The number of carbonyl (C=O) groups is 1.